The molecule has 0 aromatic heterocycles. The Morgan fingerprint density at radius 1 is 0.800 bits per heavy atom. The molecule has 0 N–H and O–H groups in total. The summed E-state index contributed by atoms with van der Waals surface area (Å²) in [4.78, 5) is 0. The summed E-state index contributed by atoms with van der Waals surface area (Å²) in [5.74, 6) is 6.82. The lowest BCUT2D eigenvalue weighted by atomic mass is 9.71. The van der Waals surface area contributed by atoms with E-state index in [-0.39, 0.29) is 0 Å². The van der Waals surface area contributed by atoms with Gasteiger partial charge in [-0.15, -0.1) is 0 Å². The van der Waals surface area contributed by atoms with Gasteiger partial charge in [-0.2, -0.15) is 0 Å². The molecular weight excluding hydrogens is 180 g/mol. The van der Waals surface area contributed by atoms with Crippen molar-refractivity contribution in [2.24, 2.45) is 41.4 Å². The van der Waals surface area contributed by atoms with E-state index >= 15 is 0 Å². The van der Waals surface area contributed by atoms with E-state index in [1.54, 1.807) is 0 Å². The summed E-state index contributed by atoms with van der Waals surface area (Å²) < 4.78 is 0. The number of hydrogen-bond acceptors (Lipinski definition) is 0. The highest BCUT2D eigenvalue weighted by molar-refractivity contribution is 5.18. The minimum absolute atomic E-state index is 0.933. The van der Waals surface area contributed by atoms with Crippen LogP contribution in [0.5, 0.6) is 0 Å². The largest absolute Gasteiger partial charge is 0.0851 e. The maximum Gasteiger partial charge on any atom is -0.0194 e. The summed E-state index contributed by atoms with van der Waals surface area (Å²) in [6, 6.07) is 0. The van der Waals surface area contributed by atoms with Crippen LogP contribution in [0.1, 0.15) is 26.2 Å². The van der Waals surface area contributed by atoms with Crippen molar-refractivity contribution in [3.63, 3.8) is 0 Å². The first-order valence-electron chi connectivity index (χ1n) is 6.69. The Kier molecular flexibility index (Phi) is 1.60. The number of hydrogen-bond donors (Lipinski definition) is 0. The van der Waals surface area contributed by atoms with Gasteiger partial charge in [0, 0.05) is 0 Å². The third-order valence-electron chi connectivity index (χ3n) is 5.75. The fraction of sp³-hybridized carbons (Fsp3) is 0.733. The van der Waals surface area contributed by atoms with E-state index in [0.717, 1.165) is 41.4 Å². The summed E-state index contributed by atoms with van der Waals surface area (Å²) in [5, 5.41) is 0. The van der Waals surface area contributed by atoms with Crippen molar-refractivity contribution in [3.8, 4) is 0 Å². The fourth-order valence-electron chi connectivity index (χ4n) is 5.08. The van der Waals surface area contributed by atoms with Crippen molar-refractivity contribution in [1.29, 1.82) is 0 Å². The molecule has 0 heteroatoms. The first kappa shape index (κ1) is 8.61. The molecule has 4 aliphatic rings. The van der Waals surface area contributed by atoms with Gasteiger partial charge >= 0.3 is 0 Å². The van der Waals surface area contributed by atoms with E-state index in [1.807, 2.05) is 0 Å². The molecule has 7 unspecified atom stereocenters. The van der Waals surface area contributed by atoms with E-state index in [1.165, 1.54) is 19.3 Å². The average molecular weight is 200 g/mol. The molecule has 0 spiro atoms. The second-order valence-electron chi connectivity index (χ2n) is 6.33. The molecule has 0 nitrogen and oxygen atoms in total. The molecule has 80 valence electrons. The van der Waals surface area contributed by atoms with Gasteiger partial charge in [-0.1, -0.05) is 31.2 Å². The zero-order valence-corrected chi connectivity index (χ0v) is 9.47. The van der Waals surface area contributed by atoms with Gasteiger partial charge in [0.1, 0.15) is 0 Å². The zero-order valence-electron chi connectivity index (χ0n) is 9.47. The topological polar surface area (TPSA) is 0 Å². The van der Waals surface area contributed by atoms with Crippen LogP contribution in [0.2, 0.25) is 0 Å². The molecule has 2 saturated carbocycles. The van der Waals surface area contributed by atoms with Crippen molar-refractivity contribution in [2.75, 3.05) is 0 Å². The van der Waals surface area contributed by atoms with Crippen LogP contribution in [0.15, 0.2) is 24.3 Å². The molecular formula is C15H20. The molecule has 4 aliphatic carbocycles. The van der Waals surface area contributed by atoms with Crippen LogP contribution in [0.25, 0.3) is 0 Å². The maximum atomic E-state index is 2.53. The molecule has 0 aromatic carbocycles. The van der Waals surface area contributed by atoms with E-state index in [0.29, 0.717) is 0 Å². The SMILES string of the molecule is CC1C2C=CC(C2)C1C1CC2C=CC1C2. The van der Waals surface area contributed by atoms with Crippen molar-refractivity contribution < 1.29 is 0 Å². The lowest BCUT2D eigenvalue weighted by Gasteiger charge is -2.34. The summed E-state index contributed by atoms with van der Waals surface area (Å²) >= 11 is 0. The predicted molar refractivity (Wildman–Crippen MR) is 62.2 cm³/mol. The lowest BCUT2D eigenvalue weighted by Crippen LogP contribution is -2.28. The van der Waals surface area contributed by atoms with Gasteiger partial charge < -0.3 is 0 Å². The number of rotatable bonds is 1. The third kappa shape index (κ3) is 1.03. The van der Waals surface area contributed by atoms with Crippen LogP contribution < -0.4 is 0 Å². The molecule has 0 aliphatic heterocycles. The van der Waals surface area contributed by atoms with Crippen LogP contribution in [0, 0.1) is 41.4 Å². The lowest BCUT2D eigenvalue weighted by molar-refractivity contribution is 0.193. The first-order valence-corrected chi connectivity index (χ1v) is 6.69. The normalized spacial score (nSPS) is 59.7. The first-order chi connectivity index (χ1) is 7.33. The molecule has 0 radical (unpaired) electrons. The van der Waals surface area contributed by atoms with Gasteiger partial charge in [0.2, 0.25) is 0 Å². The van der Waals surface area contributed by atoms with Gasteiger partial charge in [-0.3, -0.25) is 0 Å². The Bertz CT molecular complexity index is 338. The summed E-state index contributed by atoms with van der Waals surface area (Å²) in [5.41, 5.74) is 0. The third-order valence-corrected chi connectivity index (χ3v) is 5.75. The Balaban J connectivity index is 1.64. The van der Waals surface area contributed by atoms with Crippen molar-refractivity contribution >= 4 is 0 Å². The second-order valence-corrected chi connectivity index (χ2v) is 6.33. The number of fused-ring (bicyclic) bond motifs is 4. The van der Waals surface area contributed by atoms with Crippen LogP contribution in [-0.2, 0) is 0 Å². The molecule has 15 heavy (non-hydrogen) atoms. The second kappa shape index (κ2) is 2.78. The molecule has 7 atom stereocenters. The summed E-state index contributed by atoms with van der Waals surface area (Å²) in [6.07, 6.45) is 14.5. The Hall–Kier alpha value is -0.520. The Morgan fingerprint density at radius 3 is 2.20 bits per heavy atom. The molecule has 4 rings (SSSR count). The van der Waals surface area contributed by atoms with Crippen LogP contribution >= 0.6 is 0 Å². The van der Waals surface area contributed by atoms with Crippen LogP contribution in [0.3, 0.4) is 0 Å². The summed E-state index contributed by atoms with van der Waals surface area (Å²) in [6.45, 7) is 2.51. The van der Waals surface area contributed by atoms with E-state index < -0.39 is 0 Å². The predicted octanol–water partition coefficient (Wildman–Crippen LogP) is 3.66. The number of allylic oxidation sites excluding steroid dienone is 4. The smallest absolute Gasteiger partial charge is 0.0194 e. The quantitative estimate of drug-likeness (QED) is 0.567. The molecule has 0 saturated heterocycles. The average Bonchev–Trinajstić information content (AvgIpc) is 2.96. The van der Waals surface area contributed by atoms with Crippen molar-refractivity contribution in [2.45, 2.75) is 26.2 Å². The Labute approximate surface area is 92.4 Å². The van der Waals surface area contributed by atoms with E-state index in [2.05, 4.69) is 31.2 Å². The molecule has 0 aromatic rings. The Morgan fingerprint density at radius 2 is 1.60 bits per heavy atom. The van der Waals surface area contributed by atoms with Crippen molar-refractivity contribution in [3.05, 3.63) is 24.3 Å². The standard InChI is InChI=1S/C15H20/c1-9-11-4-5-13(8-11)15(9)14-7-10-2-3-12(14)6-10/h2-5,9-15H,6-8H2,1H3. The van der Waals surface area contributed by atoms with E-state index in [4.69, 9.17) is 0 Å². The highest BCUT2D eigenvalue weighted by Gasteiger charge is 2.50. The van der Waals surface area contributed by atoms with Gasteiger partial charge in [-0.05, 0) is 60.7 Å². The highest BCUT2D eigenvalue weighted by atomic mass is 14.5. The molecule has 0 heterocycles. The molecule has 2 fully saturated rings. The maximum absolute atomic E-state index is 2.53. The highest BCUT2D eigenvalue weighted by Crippen LogP contribution is 2.58. The van der Waals surface area contributed by atoms with Crippen LogP contribution in [0.4, 0.5) is 0 Å². The minimum Gasteiger partial charge on any atom is -0.0851 e. The van der Waals surface area contributed by atoms with Crippen molar-refractivity contribution in [1.82, 2.24) is 0 Å². The van der Waals surface area contributed by atoms with Gasteiger partial charge in [-0.25, -0.2) is 0 Å². The van der Waals surface area contributed by atoms with E-state index in [9.17, 15) is 0 Å². The monoisotopic (exact) mass is 200 g/mol. The van der Waals surface area contributed by atoms with Gasteiger partial charge in [0.25, 0.3) is 0 Å². The van der Waals surface area contributed by atoms with Crippen LogP contribution in [-0.4, -0.2) is 0 Å². The summed E-state index contributed by atoms with van der Waals surface area (Å²) in [7, 11) is 0. The fourth-order valence-corrected chi connectivity index (χ4v) is 5.08. The molecule has 0 amide bonds. The minimum atomic E-state index is 0.933. The zero-order chi connectivity index (χ0) is 9.99. The molecule has 4 bridgehead atoms. The van der Waals surface area contributed by atoms with Gasteiger partial charge in [0.15, 0.2) is 0 Å². The van der Waals surface area contributed by atoms with Gasteiger partial charge in [0.05, 0.1) is 0 Å².